The molecule has 1 atom stereocenters. The van der Waals surface area contributed by atoms with Gasteiger partial charge in [-0.3, -0.25) is 4.90 Å². The highest BCUT2D eigenvalue weighted by Crippen LogP contribution is 2.40. The van der Waals surface area contributed by atoms with E-state index >= 15 is 0 Å². The molecule has 2 N–H and O–H groups in total. The molecule has 1 aliphatic heterocycles. The minimum Gasteiger partial charge on any atom is -0.504 e. The summed E-state index contributed by atoms with van der Waals surface area (Å²) in [4.78, 5) is 2.38. The number of phenols is 1. The van der Waals surface area contributed by atoms with Gasteiger partial charge in [-0.1, -0.05) is 36.4 Å². The number of phenolic OH excluding ortho intramolecular Hbond substituents is 1. The summed E-state index contributed by atoms with van der Waals surface area (Å²) in [6, 6.07) is 14.5. The zero-order valence-electron chi connectivity index (χ0n) is 14.2. The van der Waals surface area contributed by atoms with Crippen molar-refractivity contribution in [1.82, 2.24) is 10.2 Å². The van der Waals surface area contributed by atoms with Gasteiger partial charge in [0.1, 0.15) is 0 Å². The van der Waals surface area contributed by atoms with Crippen LogP contribution in [0.25, 0.3) is 0 Å². The largest absolute Gasteiger partial charge is 0.504 e. The molecule has 0 aromatic heterocycles. The molecule has 1 fully saturated rings. The minimum absolute atomic E-state index is 0.155. The monoisotopic (exact) mass is 328 g/mol. The number of nitrogens with zero attached hydrogens (tertiary/aromatic N) is 1. The predicted octanol–water partition coefficient (Wildman–Crippen LogP) is 2.56. The zero-order chi connectivity index (χ0) is 16.9. The van der Waals surface area contributed by atoms with Crippen LogP contribution in [-0.4, -0.2) is 43.9 Å². The number of benzene rings is 2. The van der Waals surface area contributed by atoms with E-state index in [1.165, 1.54) is 5.56 Å². The third kappa shape index (κ3) is 3.32. The molecule has 2 aromatic carbocycles. The van der Waals surface area contributed by atoms with Crippen LogP contribution in [0.4, 0.5) is 0 Å². The predicted molar refractivity (Wildman–Crippen MR) is 93.7 cm³/mol. The van der Waals surface area contributed by atoms with Crippen LogP contribution >= 0.6 is 0 Å². The average Bonchev–Trinajstić information content (AvgIpc) is 2.64. The van der Waals surface area contributed by atoms with E-state index in [2.05, 4.69) is 34.5 Å². The summed E-state index contributed by atoms with van der Waals surface area (Å²) in [5.41, 5.74) is 2.13. The van der Waals surface area contributed by atoms with Crippen molar-refractivity contribution in [2.24, 2.45) is 0 Å². The molecule has 1 heterocycles. The van der Waals surface area contributed by atoms with Crippen molar-refractivity contribution in [3.05, 3.63) is 53.6 Å². The Bertz CT molecular complexity index is 676. The number of methoxy groups -OCH3 is 2. The number of hydrogen-bond donors (Lipinski definition) is 2. The molecular formula is C19H24N2O3. The molecule has 3 rings (SSSR count). The summed E-state index contributed by atoms with van der Waals surface area (Å²) in [5, 5.41) is 14.0. The number of aromatic hydroxyl groups is 1. The van der Waals surface area contributed by atoms with Gasteiger partial charge in [-0.15, -0.1) is 0 Å². The van der Waals surface area contributed by atoms with E-state index in [0.29, 0.717) is 18.0 Å². The molecule has 0 aliphatic carbocycles. The normalized spacial score (nSPS) is 18.3. The maximum absolute atomic E-state index is 10.5. The second-order valence-corrected chi connectivity index (χ2v) is 5.91. The highest BCUT2D eigenvalue weighted by atomic mass is 16.5. The van der Waals surface area contributed by atoms with E-state index in [-0.39, 0.29) is 11.8 Å². The Morgan fingerprint density at radius 2 is 1.92 bits per heavy atom. The molecule has 0 bridgehead atoms. The Balaban J connectivity index is 1.86. The Kier molecular flexibility index (Phi) is 5.23. The van der Waals surface area contributed by atoms with Crippen molar-refractivity contribution in [3.8, 4) is 17.2 Å². The highest BCUT2D eigenvalue weighted by Gasteiger charge is 2.25. The first-order valence-electron chi connectivity index (χ1n) is 8.17. The lowest BCUT2D eigenvalue weighted by atomic mass is 10.0. The summed E-state index contributed by atoms with van der Waals surface area (Å²) >= 11 is 0. The van der Waals surface area contributed by atoms with Gasteiger partial charge >= 0.3 is 0 Å². The molecule has 0 amide bonds. The number of hydrogen-bond acceptors (Lipinski definition) is 5. The summed E-state index contributed by atoms with van der Waals surface area (Å²) in [5.74, 6) is 1.09. The first-order chi connectivity index (χ1) is 11.7. The standard InChI is InChI=1S/C19H24N2O3/c1-23-17-9-8-15(18(22)19(17)24-2)13-21-11-10-20-12-16(21)14-6-4-3-5-7-14/h3-9,16,20,22H,10-13H2,1-2H3. The van der Waals surface area contributed by atoms with Crippen molar-refractivity contribution >= 4 is 0 Å². The van der Waals surface area contributed by atoms with E-state index in [1.807, 2.05) is 18.2 Å². The van der Waals surface area contributed by atoms with Crippen LogP contribution in [0.3, 0.4) is 0 Å². The SMILES string of the molecule is COc1ccc(CN2CCNCC2c2ccccc2)c(O)c1OC. The van der Waals surface area contributed by atoms with Gasteiger partial charge < -0.3 is 19.9 Å². The zero-order valence-corrected chi connectivity index (χ0v) is 14.2. The molecule has 5 heteroatoms. The first-order valence-corrected chi connectivity index (χ1v) is 8.17. The van der Waals surface area contributed by atoms with Crippen LogP contribution in [-0.2, 0) is 6.54 Å². The molecule has 0 saturated carbocycles. The highest BCUT2D eigenvalue weighted by molar-refractivity contribution is 5.54. The lowest BCUT2D eigenvalue weighted by Gasteiger charge is -2.36. The molecule has 0 spiro atoms. The van der Waals surface area contributed by atoms with Crippen LogP contribution in [0.1, 0.15) is 17.2 Å². The summed E-state index contributed by atoms with van der Waals surface area (Å²) in [6.07, 6.45) is 0. The maximum atomic E-state index is 10.5. The molecular weight excluding hydrogens is 304 g/mol. The number of rotatable bonds is 5. The topological polar surface area (TPSA) is 54.0 Å². The van der Waals surface area contributed by atoms with Crippen LogP contribution in [0.15, 0.2) is 42.5 Å². The fourth-order valence-electron chi connectivity index (χ4n) is 3.24. The Hall–Kier alpha value is -2.24. The van der Waals surface area contributed by atoms with E-state index in [4.69, 9.17) is 9.47 Å². The van der Waals surface area contributed by atoms with Crippen LogP contribution in [0.5, 0.6) is 17.2 Å². The molecule has 2 aromatic rings. The molecule has 128 valence electrons. The van der Waals surface area contributed by atoms with E-state index in [1.54, 1.807) is 14.2 Å². The number of ether oxygens (including phenoxy) is 2. The lowest BCUT2D eigenvalue weighted by molar-refractivity contribution is 0.152. The van der Waals surface area contributed by atoms with Crippen molar-refractivity contribution in [2.75, 3.05) is 33.9 Å². The van der Waals surface area contributed by atoms with Crippen molar-refractivity contribution in [2.45, 2.75) is 12.6 Å². The van der Waals surface area contributed by atoms with Gasteiger partial charge in [0, 0.05) is 37.8 Å². The average molecular weight is 328 g/mol. The Morgan fingerprint density at radius 1 is 1.12 bits per heavy atom. The van der Waals surface area contributed by atoms with E-state index < -0.39 is 0 Å². The fourth-order valence-corrected chi connectivity index (χ4v) is 3.24. The van der Waals surface area contributed by atoms with Gasteiger partial charge in [-0.05, 0) is 11.6 Å². The minimum atomic E-state index is 0.155. The number of nitrogens with one attached hydrogen (secondary N) is 1. The van der Waals surface area contributed by atoms with Crippen molar-refractivity contribution in [1.29, 1.82) is 0 Å². The van der Waals surface area contributed by atoms with Gasteiger partial charge in [-0.25, -0.2) is 0 Å². The lowest BCUT2D eigenvalue weighted by Crippen LogP contribution is -2.45. The second-order valence-electron chi connectivity index (χ2n) is 5.91. The molecule has 1 unspecified atom stereocenters. The number of piperazine rings is 1. The fraction of sp³-hybridized carbons (Fsp3) is 0.368. The smallest absolute Gasteiger partial charge is 0.203 e. The molecule has 5 nitrogen and oxygen atoms in total. The van der Waals surface area contributed by atoms with Crippen LogP contribution in [0, 0.1) is 0 Å². The van der Waals surface area contributed by atoms with Crippen molar-refractivity contribution in [3.63, 3.8) is 0 Å². The van der Waals surface area contributed by atoms with Gasteiger partial charge in [-0.2, -0.15) is 0 Å². The van der Waals surface area contributed by atoms with Crippen molar-refractivity contribution < 1.29 is 14.6 Å². The van der Waals surface area contributed by atoms with Gasteiger partial charge in [0.25, 0.3) is 0 Å². The quantitative estimate of drug-likeness (QED) is 0.883. The first kappa shape index (κ1) is 16.6. The maximum Gasteiger partial charge on any atom is 0.203 e. The Labute approximate surface area is 142 Å². The Morgan fingerprint density at radius 3 is 2.62 bits per heavy atom. The van der Waals surface area contributed by atoms with Crippen LogP contribution < -0.4 is 14.8 Å². The molecule has 24 heavy (non-hydrogen) atoms. The van der Waals surface area contributed by atoms with E-state index in [9.17, 15) is 5.11 Å². The summed E-state index contributed by atoms with van der Waals surface area (Å²) in [6.45, 7) is 3.43. The van der Waals surface area contributed by atoms with Gasteiger partial charge in [0.2, 0.25) is 5.75 Å². The summed E-state index contributed by atoms with van der Waals surface area (Å²) in [7, 11) is 3.11. The van der Waals surface area contributed by atoms with Crippen LogP contribution in [0.2, 0.25) is 0 Å². The second kappa shape index (κ2) is 7.55. The van der Waals surface area contributed by atoms with Gasteiger partial charge in [0.05, 0.1) is 14.2 Å². The molecule has 1 aliphatic rings. The van der Waals surface area contributed by atoms with E-state index in [0.717, 1.165) is 25.2 Å². The summed E-state index contributed by atoms with van der Waals surface area (Å²) < 4.78 is 10.5. The molecule has 1 saturated heterocycles. The third-order valence-electron chi connectivity index (χ3n) is 4.51. The third-order valence-corrected chi connectivity index (χ3v) is 4.51. The molecule has 0 radical (unpaired) electrons. The van der Waals surface area contributed by atoms with Gasteiger partial charge in [0.15, 0.2) is 11.5 Å².